The largest absolute Gasteiger partial charge is 1.00 e. The molecule has 0 N–H and O–H groups in total. The molecule has 4 heteroatoms. The first-order valence-corrected chi connectivity index (χ1v) is 8.96. The highest BCUT2D eigenvalue weighted by atomic mass is 35.5. The van der Waals surface area contributed by atoms with Gasteiger partial charge in [0.25, 0.3) is 0 Å². The number of aromatic nitrogens is 2. The van der Waals surface area contributed by atoms with E-state index in [9.17, 15) is 0 Å². The highest BCUT2D eigenvalue weighted by molar-refractivity contribution is 5.24. The average Bonchev–Trinajstić information content (AvgIpc) is 2.71. The lowest BCUT2D eigenvalue weighted by atomic mass is 10.1. The monoisotopic (exact) mass is 408 g/mol. The Balaban J connectivity index is 0.00000140. The van der Waals surface area contributed by atoms with Crippen molar-refractivity contribution in [3.63, 3.8) is 0 Å². The van der Waals surface area contributed by atoms with Gasteiger partial charge in [0.05, 0.1) is 9.35 Å². The fourth-order valence-electron chi connectivity index (χ4n) is 3.11. The summed E-state index contributed by atoms with van der Waals surface area (Å²) in [5, 5.41) is 0. The maximum atomic E-state index is 2.18. The van der Waals surface area contributed by atoms with Crippen LogP contribution in [0, 0.1) is 0 Å². The Hall–Kier alpha value is -2.68. The van der Waals surface area contributed by atoms with E-state index >= 15 is 0 Å². The Labute approximate surface area is 178 Å². The molecule has 4 aromatic rings. The van der Waals surface area contributed by atoms with E-state index in [4.69, 9.17) is 0 Å². The summed E-state index contributed by atoms with van der Waals surface area (Å²) in [6.45, 7) is 0. The third kappa shape index (κ3) is 5.66. The molecule has 0 aliphatic heterocycles. The summed E-state index contributed by atoms with van der Waals surface area (Å²) in [7, 11) is 0. The molecule has 0 spiro atoms. The van der Waals surface area contributed by atoms with Crippen LogP contribution in [0.5, 0.6) is 0 Å². The number of halogens is 2. The summed E-state index contributed by atoms with van der Waals surface area (Å²) in [6.07, 6.45) is 10.3. The third-order valence-corrected chi connectivity index (χ3v) is 4.53. The van der Waals surface area contributed by atoms with E-state index in [1.54, 1.807) is 0 Å². The summed E-state index contributed by atoms with van der Waals surface area (Å²) < 4.78 is 4.17. The number of nitrogens with zero attached hydrogens (tertiary/aromatic N) is 2. The topological polar surface area (TPSA) is 7.76 Å². The third-order valence-electron chi connectivity index (χ3n) is 4.53. The molecule has 2 aromatic heterocycles. The van der Waals surface area contributed by atoms with Gasteiger partial charge >= 0.3 is 0 Å². The van der Waals surface area contributed by atoms with Gasteiger partial charge in [-0.15, -0.1) is 0 Å². The molecular formula is C24H22Cl2N2. The Morgan fingerprint density at radius 2 is 0.679 bits per heavy atom. The molecular weight excluding hydrogens is 387 g/mol. The first-order valence-electron chi connectivity index (χ1n) is 8.96. The van der Waals surface area contributed by atoms with Gasteiger partial charge in [-0.1, -0.05) is 60.7 Å². The fraction of sp³-hybridized carbons (Fsp3) is 0.0833. The average molecular weight is 409 g/mol. The molecule has 4 rings (SSSR count). The molecule has 0 bridgehead atoms. The van der Waals surface area contributed by atoms with Gasteiger partial charge in [0.2, 0.25) is 24.8 Å². The second kappa shape index (κ2) is 10.6. The van der Waals surface area contributed by atoms with E-state index in [1.807, 2.05) is 0 Å². The molecule has 0 aliphatic rings. The minimum atomic E-state index is 0. The molecule has 0 saturated carbocycles. The summed E-state index contributed by atoms with van der Waals surface area (Å²) in [5.41, 5.74) is 5.30. The number of benzene rings is 2. The predicted molar refractivity (Wildman–Crippen MR) is 103 cm³/mol. The van der Waals surface area contributed by atoms with Crippen molar-refractivity contribution in [1.82, 2.24) is 0 Å². The molecule has 0 unspecified atom stereocenters. The molecule has 2 nitrogen and oxygen atoms in total. The van der Waals surface area contributed by atoms with E-state index < -0.39 is 0 Å². The van der Waals surface area contributed by atoms with Crippen LogP contribution in [-0.2, 0) is 12.8 Å². The number of hydrogen-bond acceptors (Lipinski definition) is 0. The van der Waals surface area contributed by atoms with Crippen molar-refractivity contribution in [2.75, 3.05) is 0 Å². The normalized spacial score (nSPS) is 9.86. The van der Waals surface area contributed by atoms with Crippen LogP contribution in [0.15, 0.2) is 110 Å². The van der Waals surface area contributed by atoms with Gasteiger partial charge in [0.1, 0.15) is 0 Å². The molecule has 0 aliphatic carbocycles. The van der Waals surface area contributed by atoms with Crippen molar-refractivity contribution in [3.8, 4) is 0 Å². The van der Waals surface area contributed by atoms with Crippen LogP contribution < -0.4 is 34.2 Å². The summed E-state index contributed by atoms with van der Waals surface area (Å²) in [6, 6.07) is 29.9. The maximum Gasteiger partial charge on any atom is 0.242 e. The van der Waals surface area contributed by atoms with Gasteiger partial charge in [0, 0.05) is 24.3 Å². The minimum absolute atomic E-state index is 0. The van der Waals surface area contributed by atoms with Crippen LogP contribution in [0.1, 0.15) is 22.3 Å². The molecule has 0 saturated heterocycles. The van der Waals surface area contributed by atoms with E-state index in [2.05, 4.69) is 119 Å². The van der Waals surface area contributed by atoms with Crippen LogP contribution in [0.4, 0.5) is 0 Å². The minimum Gasteiger partial charge on any atom is -1.00 e. The second-order valence-electron chi connectivity index (χ2n) is 6.50. The lowest BCUT2D eigenvalue weighted by Crippen LogP contribution is -3.00. The molecule has 2 heterocycles. The van der Waals surface area contributed by atoms with Crippen LogP contribution in [0.2, 0.25) is 0 Å². The Kier molecular flexibility index (Phi) is 8.19. The van der Waals surface area contributed by atoms with E-state index in [1.165, 1.54) is 22.3 Å². The highest BCUT2D eigenvalue weighted by Gasteiger charge is 2.11. The quantitative estimate of drug-likeness (QED) is 0.330. The van der Waals surface area contributed by atoms with Gasteiger partial charge in [-0.2, -0.15) is 0 Å². The zero-order valence-corrected chi connectivity index (χ0v) is 17.0. The highest BCUT2D eigenvalue weighted by Crippen LogP contribution is 2.08. The van der Waals surface area contributed by atoms with Gasteiger partial charge in [-0.05, 0) is 35.1 Å². The van der Waals surface area contributed by atoms with Crippen molar-refractivity contribution < 1.29 is 34.2 Å². The number of pyridine rings is 2. The van der Waals surface area contributed by atoms with Crippen molar-refractivity contribution in [1.29, 1.82) is 0 Å². The molecule has 0 atom stereocenters. The van der Waals surface area contributed by atoms with Gasteiger partial charge in [-0.3, -0.25) is 0 Å². The van der Waals surface area contributed by atoms with E-state index in [0.717, 1.165) is 12.8 Å². The maximum absolute atomic E-state index is 2.18. The predicted octanol–water partition coefficient (Wildman–Crippen LogP) is -2.24. The zero-order valence-electron chi connectivity index (χ0n) is 15.5. The lowest BCUT2D eigenvalue weighted by molar-refractivity contribution is -1.30. The van der Waals surface area contributed by atoms with Gasteiger partial charge in [-0.25, -0.2) is 0 Å². The molecule has 142 valence electrons. The fourth-order valence-corrected chi connectivity index (χ4v) is 3.11. The Bertz CT molecular complexity index is 872. The number of hydrogen-bond donors (Lipinski definition) is 0. The Morgan fingerprint density at radius 3 is 1.00 bits per heavy atom. The van der Waals surface area contributed by atoms with Crippen molar-refractivity contribution in [2.24, 2.45) is 0 Å². The number of rotatable bonds is 5. The van der Waals surface area contributed by atoms with Crippen LogP contribution >= 0.6 is 0 Å². The molecule has 0 radical (unpaired) electrons. The molecule has 28 heavy (non-hydrogen) atoms. The lowest BCUT2D eigenvalue weighted by Gasteiger charge is -2.00. The SMILES string of the molecule is [Cl-].[Cl-].c1ccc(Cc2cc[n+](-[n+]3ccc(Cc4ccccc4)cc3)cc2)cc1. The summed E-state index contributed by atoms with van der Waals surface area (Å²) >= 11 is 0. The van der Waals surface area contributed by atoms with E-state index in [0.29, 0.717) is 0 Å². The molecule has 2 aromatic carbocycles. The first-order chi connectivity index (χ1) is 12.9. The zero-order chi connectivity index (χ0) is 17.6. The standard InChI is InChI=1S/C24H22N2.2ClH/c1-3-7-21(8-4-1)19-23-11-15-25(16-12-23)26-17-13-24(14-18-26)20-22-9-5-2-6-10-22;;/h1-18H,19-20H2;2*1H/q+2;;/p-2. The van der Waals surface area contributed by atoms with Crippen molar-refractivity contribution in [2.45, 2.75) is 12.8 Å². The van der Waals surface area contributed by atoms with E-state index in [-0.39, 0.29) is 24.8 Å². The van der Waals surface area contributed by atoms with Crippen LogP contribution in [-0.4, -0.2) is 0 Å². The van der Waals surface area contributed by atoms with Crippen molar-refractivity contribution in [3.05, 3.63) is 132 Å². The molecule has 0 fully saturated rings. The summed E-state index contributed by atoms with van der Waals surface area (Å²) in [5.74, 6) is 0. The molecule has 0 amide bonds. The van der Waals surface area contributed by atoms with Crippen LogP contribution in [0.25, 0.3) is 0 Å². The van der Waals surface area contributed by atoms with Crippen LogP contribution in [0.3, 0.4) is 0 Å². The van der Waals surface area contributed by atoms with Gasteiger partial charge < -0.3 is 24.8 Å². The Morgan fingerprint density at radius 1 is 0.393 bits per heavy atom. The smallest absolute Gasteiger partial charge is 0.242 e. The van der Waals surface area contributed by atoms with Crippen molar-refractivity contribution >= 4 is 0 Å². The van der Waals surface area contributed by atoms with Gasteiger partial charge in [0.15, 0.2) is 0 Å². The first kappa shape index (κ1) is 21.6. The second-order valence-corrected chi connectivity index (χ2v) is 6.50. The summed E-state index contributed by atoms with van der Waals surface area (Å²) in [4.78, 5) is 0.